The molecule has 0 spiro atoms. The standard InChI is InChI=1S/C20H24N2O2.ClH/c21-17-8-5-7-16(13-17)20(23)22-14-15-6-4-11-19(12-15)24-18-9-2-1-3-10-18;/h1-4,6,9-12,16-17H,5,7-8,13-14,21H2,(H,22,23);1H. The fourth-order valence-corrected chi connectivity index (χ4v) is 3.14. The highest BCUT2D eigenvalue weighted by molar-refractivity contribution is 5.85. The number of carbonyl (C=O) groups is 1. The normalized spacial score (nSPS) is 19.6. The number of ether oxygens (including phenoxy) is 1. The minimum Gasteiger partial charge on any atom is -0.457 e. The first-order chi connectivity index (χ1) is 11.7. The number of hydrogen-bond acceptors (Lipinski definition) is 3. The summed E-state index contributed by atoms with van der Waals surface area (Å²) in [6.45, 7) is 0.510. The number of carbonyl (C=O) groups excluding carboxylic acids is 1. The van der Waals surface area contributed by atoms with Crippen molar-refractivity contribution in [2.75, 3.05) is 0 Å². The van der Waals surface area contributed by atoms with E-state index in [1.54, 1.807) is 0 Å². The van der Waals surface area contributed by atoms with Crippen molar-refractivity contribution < 1.29 is 9.53 Å². The summed E-state index contributed by atoms with van der Waals surface area (Å²) in [6, 6.07) is 17.6. The van der Waals surface area contributed by atoms with Gasteiger partial charge in [-0.25, -0.2) is 0 Å². The average molecular weight is 361 g/mol. The van der Waals surface area contributed by atoms with Crippen LogP contribution in [0, 0.1) is 5.92 Å². The molecular formula is C20H25ClN2O2. The zero-order valence-electron chi connectivity index (χ0n) is 14.2. The summed E-state index contributed by atoms with van der Waals surface area (Å²) in [5.41, 5.74) is 6.99. The van der Waals surface area contributed by atoms with E-state index in [1.807, 2.05) is 54.6 Å². The molecule has 2 aromatic rings. The van der Waals surface area contributed by atoms with Gasteiger partial charge in [0.1, 0.15) is 11.5 Å². The number of rotatable bonds is 5. The molecule has 2 aromatic carbocycles. The van der Waals surface area contributed by atoms with Gasteiger partial charge >= 0.3 is 0 Å². The van der Waals surface area contributed by atoms with E-state index in [1.165, 1.54) is 0 Å². The summed E-state index contributed by atoms with van der Waals surface area (Å²) in [5.74, 6) is 1.74. The van der Waals surface area contributed by atoms with Crippen molar-refractivity contribution >= 4 is 18.3 Å². The fraction of sp³-hybridized carbons (Fsp3) is 0.350. The molecule has 0 bridgehead atoms. The number of halogens is 1. The molecule has 25 heavy (non-hydrogen) atoms. The molecule has 5 heteroatoms. The largest absolute Gasteiger partial charge is 0.457 e. The summed E-state index contributed by atoms with van der Waals surface area (Å²) in [5, 5.41) is 3.03. The van der Waals surface area contributed by atoms with Crippen LogP contribution in [0.25, 0.3) is 0 Å². The van der Waals surface area contributed by atoms with Gasteiger partial charge in [-0.1, -0.05) is 36.8 Å². The summed E-state index contributed by atoms with van der Waals surface area (Å²) in [4.78, 5) is 12.3. The average Bonchev–Trinajstić information content (AvgIpc) is 2.61. The predicted molar refractivity (Wildman–Crippen MR) is 102 cm³/mol. The Morgan fingerprint density at radius 2 is 1.84 bits per heavy atom. The monoisotopic (exact) mass is 360 g/mol. The number of nitrogens with two attached hydrogens (primary N) is 1. The van der Waals surface area contributed by atoms with E-state index in [0.717, 1.165) is 42.7 Å². The minimum atomic E-state index is 0. The Kier molecular flexibility index (Phi) is 7.29. The highest BCUT2D eigenvalue weighted by atomic mass is 35.5. The van der Waals surface area contributed by atoms with Crippen LogP contribution in [0.4, 0.5) is 0 Å². The van der Waals surface area contributed by atoms with Crippen LogP contribution in [0.15, 0.2) is 54.6 Å². The second-order valence-electron chi connectivity index (χ2n) is 6.40. The zero-order valence-corrected chi connectivity index (χ0v) is 15.0. The molecule has 3 rings (SSSR count). The maximum atomic E-state index is 12.3. The third-order valence-corrected chi connectivity index (χ3v) is 4.43. The number of nitrogens with one attached hydrogen (secondary N) is 1. The summed E-state index contributed by atoms with van der Waals surface area (Å²) >= 11 is 0. The second kappa shape index (κ2) is 9.44. The van der Waals surface area contributed by atoms with Gasteiger partial charge in [-0.15, -0.1) is 12.4 Å². The van der Waals surface area contributed by atoms with Crippen molar-refractivity contribution in [3.05, 3.63) is 60.2 Å². The SMILES string of the molecule is Cl.NC1CCCC(C(=O)NCc2cccc(Oc3ccccc3)c2)C1. The van der Waals surface area contributed by atoms with Gasteiger partial charge in [0.05, 0.1) is 0 Å². The molecule has 0 saturated heterocycles. The van der Waals surface area contributed by atoms with Gasteiger partial charge < -0.3 is 15.8 Å². The zero-order chi connectivity index (χ0) is 16.8. The number of para-hydroxylation sites is 1. The maximum Gasteiger partial charge on any atom is 0.223 e. The van der Waals surface area contributed by atoms with Crippen molar-refractivity contribution in [3.8, 4) is 11.5 Å². The van der Waals surface area contributed by atoms with Crippen LogP contribution in [-0.2, 0) is 11.3 Å². The number of hydrogen-bond donors (Lipinski definition) is 2. The van der Waals surface area contributed by atoms with Crippen LogP contribution in [-0.4, -0.2) is 11.9 Å². The molecule has 1 saturated carbocycles. The third kappa shape index (κ3) is 5.76. The first kappa shape index (κ1) is 19.3. The predicted octanol–water partition coefficient (Wildman–Crippen LogP) is 4.03. The second-order valence-corrected chi connectivity index (χ2v) is 6.40. The Bertz CT molecular complexity index is 678. The lowest BCUT2D eigenvalue weighted by molar-refractivity contribution is -0.126. The van der Waals surface area contributed by atoms with E-state index in [-0.39, 0.29) is 30.3 Å². The van der Waals surface area contributed by atoms with Crippen LogP contribution in [0.5, 0.6) is 11.5 Å². The van der Waals surface area contributed by atoms with Gasteiger partial charge in [0.15, 0.2) is 0 Å². The van der Waals surface area contributed by atoms with Crippen molar-refractivity contribution in [2.45, 2.75) is 38.3 Å². The summed E-state index contributed by atoms with van der Waals surface area (Å²) in [7, 11) is 0. The first-order valence-corrected chi connectivity index (χ1v) is 8.56. The maximum absolute atomic E-state index is 12.3. The van der Waals surface area contributed by atoms with Crippen molar-refractivity contribution in [1.29, 1.82) is 0 Å². The van der Waals surface area contributed by atoms with Crippen molar-refractivity contribution in [1.82, 2.24) is 5.32 Å². The van der Waals surface area contributed by atoms with Crippen molar-refractivity contribution in [2.24, 2.45) is 11.7 Å². The van der Waals surface area contributed by atoms with Gasteiger partial charge in [-0.05, 0) is 49.1 Å². The Morgan fingerprint density at radius 3 is 2.60 bits per heavy atom. The van der Waals surface area contributed by atoms with Crippen LogP contribution in [0.3, 0.4) is 0 Å². The molecule has 4 nitrogen and oxygen atoms in total. The molecule has 0 aliphatic heterocycles. The van der Waals surface area contributed by atoms with E-state index in [0.29, 0.717) is 6.54 Å². The number of amides is 1. The Morgan fingerprint density at radius 1 is 1.08 bits per heavy atom. The smallest absolute Gasteiger partial charge is 0.223 e. The van der Waals surface area contributed by atoms with Crippen molar-refractivity contribution in [3.63, 3.8) is 0 Å². The molecular weight excluding hydrogens is 336 g/mol. The lowest BCUT2D eigenvalue weighted by Crippen LogP contribution is -2.37. The Labute approximate surface area is 155 Å². The molecule has 3 N–H and O–H groups in total. The molecule has 1 amide bonds. The van der Waals surface area contributed by atoms with Crippen LogP contribution < -0.4 is 15.8 Å². The number of benzene rings is 2. The van der Waals surface area contributed by atoms with E-state index in [2.05, 4.69) is 5.32 Å². The highest BCUT2D eigenvalue weighted by Gasteiger charge is 2.24. The molecule has 2 unspecified atom stereocenters. The summed E-state index contributed by atoms with van der Waals surface area (Å²) < 4.78 is 5.83. The van der Waals surface area contributed by atoms with E-state index in [4.69, 9.17) is 10.5 Å². The highest BCUT2D eigenvalue weighted by Crippen LogP contribution is 2.24. The van der Waals surface area contributed by atoms with Gasteiger partial charge in [0.2, 0.25) is 5.91 Å². The summed E-state index contributed by atoms with van der Waals surface area (Å²) in [6.07, 6.45) is 3.81. The van der Waals surface area contributed by atoms with Gasteiger partial charge in [-0.3, -0.25) is 4.79 Å². The Balaban J connectivity index is 0.00000225. The molecule has 0 radical (unpaired) electrons. The lowest BCUT2D eigenvalue weighted by atomic mass is 9.85. The van der Waals surface area contributed by atoms with E-state index >= 15 is 0 Å². The van der Waals surface area contributed by atoms with Gasteiger partial charge in [0.25, 0.3) is 0 Å². The molecule has 134 valence electrons. The van der Waals surface area contributed by atoms with Gasteiger partial charge in [-0.2, -0.15) is 0 Å². The minimum absolute atomic E-state index is 0. The van der Waals surface area contributed by atoms with Crippen LogP contribution in [0.1, 0.15) is 31.2 Å². The molecule has 0 heterocycles. The Hall–Kier alpha value is -2.04. The lowest BCUT2D eigenvalue weighted by Gasteiger charge is -2.25. The topological polar surface area (TPSA) is 64.4 Å². The fourth-order valence-electron chi connectivity index (χ4n) is 3.14. The molecule has 2 atom stereocenters. The van der Waals surface area contributed by atoms with E-state index in [9.17, 15) is 4.79 Å². The first-order valence-electron chi connectivity index (χ1n) is 8.56. The molecule has 1 aliphatic carbocycles. The quantitative estimate of drug-likeness (QED) is 0.845. The third-order valence-electron chi connectivity index (χ3n) is 4.43. The van der Waals surface area contributed by atoms with Crippen LogP contribution in [0.2, 0.25) is 0 Å². The van der Waals surface area contributed by atoms with Crippen LogP contribution >= 0.6 is 12.4 Å². The molecule has 1 fully saturated rings. The van der Waals surface area contributed by atoms with E-state index < -0.39 is 0 Å². The molecule has 1 aliphatic rings. The van der Waals surface area contributed by atoms with Gasteiger partial charge in [0, 0.05) is 18.5 Å². The molecule has 0 aromatic heterocycles.